The monoisotopic (exact) mass is 418 g/mol. The van der Waals surface area contributed by atoms with Crippen LogP contribution >= 0.6 is 11.3 Å². The Morgan fingerprint density at radius 1 is 1.17 bits per heavy atom. The summed E-state index contributed by atoms with van der Waals surface area (Å²) in [5.74, 6) is 0.572. The smallest absolute Gasteiger partial charge is 0.407 e. The lowest BCUT2D eigenvalue weighted by molar-refractivity contribution is -0.149. The van der Waals surface area contributed by atoms with Crippen molar-refractivity contribution < 1.29 is 17.9 Å². The molecule has 0 amide bonds. The lowest BCUT2D eigenvalue weighted by atomic mass is 9.93. The first-order valence-corrected chi connectivity index (χ1v) is 9.63. The first-order chi connectivity index (χ1) is 13.7. The van der Waals surface area contributed by atoms with Crippen LogP contribution < -0.4 is 16.0 Å². The van der Waals surface area contributed by atoms with Crippen molar-refractivity contribution >= 4 is 32.3 Å². The van der Waals surface area contributed by atoms with Gasteiger partial charge in [-0.1, -0.05) is 24.3 Å². The molecule has 0 fully saturated rings. The minimum absolute atomic E-state index is 0.0225. The van der Waals surface area contributed by atoms with E-state index in [4.69, 9.17) is 10.5 Å². The molecule has 0 aliphatic heterocycles. The molecule has 4 nitrogen and oxygen atoms in total. The Bertz CT molecular complexity index is 1270. The second kappa shape index (κ2) is 6.89. The fourth-order valence-electron chi connectivity index (χ4n) is 3.56. The molecule has 3 N–H and O–H groups in total. The number of halogens is 3. The van der Waals surface area contributed by atoms with Gasteiger partial charge in [-0.2, -0.15) is 13.2 Å². The maximum absolute atomic E-state index is 12.9. The number of hydrogen-bond acceptors (Lipinski definition) is 4. The molecule has 0 saturated carbocycles. The first kappa shape index (κ1) is 19.5. The fraction of sp³-hybridized carbons (Fsp3) is 0.190. The van der Waals surface area contributed by atoms with Crippen molar-refractivity contribution in [2.24, 2.45) is 5.73 Å². The highest BCUT2D eigenvalue weighted by Gasteiger charge is 2.37. The number of H-pyrrole nitrogens is 1. The normalized spacial score (nSPS) is 13.2. The predicted octanol–water partition coefficient (Wildman–Crippen LogP) is 5.29. The minimum Gasteiger partial charge on any atom is -0.496 e. The number of aryl methyl sites for hydroxylation is 1. The molecule has 0 bridgehead atoms. The molecule has 0 radical (unpaired) electrons. The van der Waals surface area contributed by atoms with Crippen LogP contribution in [0.15, 0.2) is 46.6 Å². The van der Waals surface area contributed by atoms with E-state index < -0.39 is 12.2 Å². The predicted molar refractivity (Wildman–Crippen MR) is 110 cm³/mol. The van der Waals surface area contributed by atoms with Crippen LogP contribution in [0.5, 0.6) is 5.75 Å². The Labute approximate surface area is 167 Å². The Morgan fingerprint density at radius 2 is 1.86 bits per heavy atom. The molecule has 4 aromatic rings. The van der Waals surface area contributed by atoms with Crippen LogP contribution in [-0.2, 0) is 0 Å². The minimum atomic E-state index is -4.52. The molecule has 2 heterocycles. The molecule has 150 valence electrons. The van der Waals surface area contributed by atoms with Crippen molar-refractivity contribution in [2.75, 3.05) is 7.11 Å². The average molecular weight is 418 g/mol. The van der Waals surface area contributed by atoms with E-state index in [9.17, 15) is 18.0 Å². The number of nitrogens with one attached hydrogen (secondary N) is 1. The van der Waals surface area contributed by atoms with E-state index in [1.54, 1.807) is 18.2 Å². The standard InChI is InChI=1S/C21H17F3N2O2S/c1-10-9-14(28-2)15(11-3-5-12(6-4-11)19(25)21(22,23)24)16-13-7-8-29-18(13)20(27)26-17(10)16/h3-9,19H,25H2,1-2H3,(H,26,27). The number of fused-ring (bicyclic) bond motifs is 3. The molecule has 1 unspecified atom stereocenters. The summed E-state index contributed by atoms with van der Waals surface area (Å²) in [5.41, 5.74) is 8.01. The van der Waals surface area contributed by atoms with Gasteiger partial charge in [0.15, 0.2) is 0 Å². The van der Waals surface area contributed by atoms with Gasteiger partial charge in [-0.3, -0.25) is 4.79 Å². The number of nitrogens with two attached hydrogens (primary N) is 1. The number of ether oxygens (including phenoxy) is 1. The van der Waals surface area contributed by atoms with Gasteiger partial charge in [-0.05, 0) is 41.1 Å². The Morgan fingerprint density at radius 3 is 2.48 bits per heavy atom. The van der Waals surface area contributed by atoms with Crippen LogP contribution in [0.4, 0.5) is 13.2 Å². The zero-order valence-corrected chi connectivity index (χ0v) is 16.4. The molecule has 4 rings (SSSR count). The number of methoxy groups -OCH3 is 1. The van der Waals surface area contributed by atoms with Gasteiger partial charge in [0.2, 0.25) is 0 Å². The number of alkyl halides is 3. The molecular formula is C21H17F3N2O2S. The van der Waals surface area contributed by atoms with Crippen LogP contribution in [0.25, 0.3) is 32.1 Å². The quantitative estimate of drug-likeness (QED) is 0.475. The summed E-state index contributed by atoms with van der Waals surface area (Å²) >= 11 is 1.33. The first-order valence-electron chi connectivity index (χ1n) is 8.75. The summed E-state index contributed by atoms with van der Waals surface area (Å²) in [6.07, 6.45) is -4.52. The van der Waals surface area contributed by atoms with Gasteiger partial charge in [0.1, 0.15) is 16.5 Å². The molecule has 0 saturated heterocycles. The van der Waals surface area contributed by atoms with E-state index in [0.717, 1.165) is 16.3 Å². The van der Waals surface area contributed by atoms with Gasteiger partial charge in [-0.25, -0.2) is 0 Å². The van der Waals surface area contributed by atoms with E-state index >= 15 is 0 Å². The molecule has 2 aromatic carbocycles. The maximum atomic E-state index is 12.9. The fourth-order valence-corrected chi connectivity index (χ4v) is 4.36. The number of pyridine rings is 1. The zero-order valence-electron chi connectivity index (χ0n) is 15.6. The van der Waals surface area contributed by atoms with Crippen LogP contribution in [0.3, 0.4) is 0 Å². The third kappa shape index (κ3) is 3.18. The molecule has 2 aromatic heterocycles. The van der Waals surface area contributed by atoms with Gasteiger partial charge in [0.25, 0.3) is 5.56 Å². The Balaban J connectivity index is 2.02. The Hall–Kier alpha value is -2.84. The van der Waals surface area contributed by atoms with Crippen molar-refractivity contribution in [1.29, 1.82) is 0 Å². The van der Waals surface area contributed by atoms with Crippen molar-refractivity contribution in [3.63, 3.8) is 0 Å². The summed E-state index contributed by atoms with van der Waals surface area (Å²) in [6, 6.07) is 7.56. The lowest BCUT2D eigenvalue weighted by Gasteiger charge is -2.18. The van der Waals surface area contributed by atoms with Crippen LogP contribution in [0.1, 0.15) is 17.2 Å². The van der Waals surface area contributed by atoms with E-state index in [-0.39, 0.29) is 11.1 Å². The number of hydrogen-bond donors (Lipinski definition) is 2. The van der Waals surface area contributed by atoms with Crippen LogP contribution in [-0.4, -0.2) is 18.3 Å². The highest BCUT2D eigenvalue weighted by Crippen LogP contribution is 2.42. The number of thiophene rings is 1. The second-order valence-electron chi connectivity index (χ2n) is 6.78. The van der Waals surface area contributed by atoms with Gasteiger partial charge < -0.3 is 15.5 Å². The van der Waals surface area contributed by atoms with Crippen LogP contribution in [0, 0.1) is 6.92 Å². The molecule has 29 heavy (non-hydrogen) atoms. The van der Waals surface area contributed by atoms with E-state index in [2.05, 4.69) is 4.98 Å². The van der Waals surface area contributed by atoms with E-state index in [0.29, 0.717) is 27.1 Å². The van der Waals surface area contributed by atoms with Crippen molar-refractivity contribution in [2.45, 2.75) is 19.1 Å². The van der Waals surface area contributed by atoms with Gasteiger partial charge in [0, 0.05) is 16.3 Å². The third-order valence-corrected chi connectivity index (χ3v) is 5.91. The van der Waals surface area contributed by atoms with Gasteiger partial charge in [-0.15, -0.1) is 11.3 Å². The molecular weight excluding hydrogens is 401 g/mol. The third-order valence-electron chi connectivity index (χ3n) is 5.00. The highest BCUT2D eigenvalue weighted by molar-refractivity contribution is 7.17. The lowest BCUT2D eigenvalue weighted by Crippen LogP contribution is -2.28. The Kier molecular flexibility index (Phi) is 4.63. The van der Waals surface area contributed by atoms with Gasteiger partial charge in [0.05, 0.1) is 12.6 Å². The maximum Gasteiger partial charge on any atom is 0.407 e. The summed E-state index contributed by atoms with van der Waals surface area (Å²) in [4.78, 5) is 15.4. The molecule has 0 aliphatic rings. The molecule has 8 heteroatoms. The largest absolute Gasteiger partial charge is 0.496 e. The number of aromatic nitrogens is 1. The second-order valence-corrected chi connectivity index (χ2v) is 7.70. The topological polar surface area (TPSA) is 68.1 Å². The molecule has 1 atom stereocenters. The molecule has 0 aliphatic carbocycles. The van der Waals surface area contributed by atoms with Crippen molar-refractivity contribution in [3.8, 4) is 16.9 Å². The summed E-state index contributed by atoms with van der Waals surface area (Å²) in [5, 5.41) is 3.41. The summed E-state index contributed by atoms with van der Waals surface area (Å²) < 4.78 is 45.0. The highest BCUT2D eigenvalue weighted by atomic mass is 32.1. The SMILES string of the molecule is COc1cc(C)c2[nH]c(=O)c3sccc3c2c1-c1ccc(C(N)C(F)(F)F)cc1. The zero-order chi connectivity index (χ0) is 20.9. The average Bonchev–Trinajstić information content (AvgIpc) is 3.18. The number of benzene rings is 2. The summed E-state index contributed by atoms with van der Waals surface area (Å²) in [6.45, 7) is 1.87. The number of aromatic amines is 1. The van der Waals surface area contributed by atoms with E-state index in [1.807, 2.05) is 18.4 Å². The van der Waals surface area contributed by atoms with Gasteiger partial charge >= 0.3 is 6.18 Å². The van der Waals surface area contributed by atoms with Crippen molar-refractivity contribution in [1.82, 2.24) is 4.98 Å². The van der Waals surface area contributed by atoms with Crippen LogP contribution in [0.2, 0.25) is 0 Å². The van der Waals surface area contributed by atoms with Crippen molar-refractivity contribution in [3.05, 3.63) is 63.3 Å². The number of rotatable bonds is 3. The van der Waals surface area contributed by atoms with E-state index in [1.165, 1.54) is 30.6 Å². The summed E-state index contributed by atoms with van der Waals surface area (Å²) in [7, 11) is 1.54. The molecule has 0 spiro atoms.